The van der Waals surface area contributed by atoms with E-state index in [4.69, 9.17) is 38.9 Å². The Kier molecular flexibility index (Phi) is 4.75. The van der Waals surface area contributed by atoms with Crippen molar-refractivity contribution in [2.45, 2.75) is 0 Å². The van der Waals surface area contributed by atoms with E-state index in [2.05, 4.69) is 21.1 Å². The summed E-state index contributed by atoms with van der Waals surface area (Å²) in [6.45, 7) is 0. The fourth-order valence-electron chi connectivity index (χ4n) is 1.52. The van der Waals surface area contributed by atoms with E-state index in [9.17, 15) is 0 Å². The molecule has 0 bridgehead atoms. The molecule has 0 aliphatic heterocycles. The Morgan fingerprint density at radius 3 is 2.30 bits per heavy atom. The van der Waals surface area contributed by atoms with Crippen molar-refractivity contribution < 1.29 is 9.94 Å². The summed E-state index contributed by atoms with van der Waals surface area (Å²) in [4.78, 5) is 0. The van der Waals surface area contributed by atoms with Gasteiger partial charge in [0.05, 0.1) is 10.0 Å². The molecule has 0 radical (unpaired) electrons. The lowest BCUT2D eigenvalue weighted by Gasteiger charge is -2.12. The van der Waals surface area contributed by atoms with Crippen molar-refractivity contribution in [3.8, 4) is 11.5 Å². The number of nitrogens with two attached hydrogens (primary N) is 1. The largest absolute Gasteiger partial charge is 0.455 e. The molecule has 2 aromatic carbocycles. The van der Waals surface area contributed by atoms with E-state index in [1.54, 1.807) is 36.4 Å². The summed E-state index contributed by atoms with van der Waals surface area (Å²) in [7, 11) is 0. The molecule has 20 heavy (non-hydrogen) atoms. The van der Waals surface area contributed by atoms with Gasteiger partial charge in [0, 0.05) is 10.0 Å². The normalized spacial score (nSPS) is 11.4. The molecule has 0 saturated heterocycles. The molecule has 2 rings (SSSR count). The molecule has 0 fully saturated rings. The number of hydrogen-bond acceptors (Lipinski definition) is 3. The van der Waals surface area contributed by atoms with Crippen LogP contribution in [-0.2, 0) is 0 Å². The summed E-state index contributed by atoms with van der Waals surface area (Å²) in [6, 6.07) is 9.94. The lowest BCUT2D eigenvalue weighted by Crippen LogP contribution is -2.14. The van der Waals surface area contributed by atoms with Crippen LogP contribution in [0, 0.1) is 0 Å². The molecule has 0 amide bonds. The Balaban J connectivity index is 2.43. The van der Waals surface area contributed by atoms with Gasteiger partial charge in [-0.05, 0) is 52.3 Å². The van der Waals surface area contributed by atoms with Crippen molar-refractivity contribution in [3.63, 3.8) is 0 Å². The summed E-state index contributed by atoms with van der Waals surface area (Å²) in [6.07, 6.45) is 0. The highest BCUT2D eigenvalue weighted by Crippen LogP contribution is 2.34. The summed E-state index contributed by atoms with van der Waals surface area (Å²) in [5, 5.41) is 12.8. The number of oxime groups is 1. The predicted molar refractivity (Wildman–Crippen MR) is 83.2 cm³/mol. The van der Waals surface area contributed by atoms with Crippen LogP contribution in [0.1, 0.15) is 5.56 Å². The SMILES string of the molecule is NC(=NO)c1cc(Cl)ccc1Oc1ccc(Cl)cc1Br. The zero-order chi connectivity index (χ0) is 14.7. The lowest BCUT2D eigenvalue weighted by molar-refractivity contribution is 0.318. The quantitative estimate of drug-likeness (QED) is 0.355. The minimum Gasteiger partial charge on any atom is -0.455 e. The maximum absolute atomic E-state index is 8.80. The van der Waals surface area contributed by atoms with E-state index < -0.39 is 0 Å². The molecule has 0 aromatic heterocycles. The van der Waals surface area contributed by atoms with Gasteiger partial charge in [0.25, 0.3) is 0 Å². The first kappa shape index (κ1) is 15.0. The molecule has 0 heterocycles. The first-order chi connectivity index (χ1) is 9.51. The van der Waals surface area contributed by atoms with Gasteiger partial charge in [-0.25, -0.2) is 0 Å². The second kappa shape index (κ2) is 6.35. The molecule has 0 spiro atoms. The number of ether oxygens (including phenoxy) is 1. The summed E-state index contributed by atoms with van der Waals surface area (Å²) in [5.41, 5.74) is 6.00. The molecule has 104 valence electrons. The molecular formula is C13H9BrCl2N2O2. The van der Waals surface area contributed by atoms with Gasteiger partial charge in [0.2, 0.25) is 0 Å². The van der Waals surface area contributed by atoms with Crippen molar-refractivity contribution in [3.05, 3.63) is 56.5 Å². The summed E-state index contributed by atoms with van der Waals surface area (Å²) < 4.78 is 6.42. The second-order valence-electron chi connectivity index (χ2n) is 3.80. The number of rotatable bonds is 3. The predicted octanol–water partition coefficient (Wildman–Crippen LogP) is 4.64. The average molecular weight is 376 g/mol. The molecule has 0 unspecified atom stereocenters. The van der Waals surface area contributed by atoms with E-state index >= 15 is 0 Å². The smallest absolute Gasteiger partial charge is 0.173 e. The molecule has 7 heteroatoms. The Morgan fingerprint density at radius 1 is 1.10 bits per heavy atom. The number of hydrogen-bond donors (Lipinski definition) is 2. The molecule has 0 atom stereocenters. The Hall–Kier alpha value is -1.43. The third-order valence-corrected chi connectivity index (χ3v) is 3.53. The minimum atomic E-state index is -0.0902. The van der Waals surface area contributed by atoms with E-state index in [-0.39, 0.29) is 5.84 Å². The van der Waals surface area contributed by atoms with Gasteiger partial charge in [0.1, 0.15) is 11.5 Å². The fourth-order valence-corrected chi connectivity index (χ4v) is 2.46. The van der Waals surface area contributed by atoms with Gasteiger partial charge in [-0.1, -0.05) is 28.4 Å². The Morgan fingerprint density at radius 2 is 1.70 bits per heavy atom. The average Bonchev–Trinajstić information content (AvgIpc) is 2.42. The van der Waals surface area contributed by atoms with Crippen molar-refractivity contribution in [1.29, 1.82) is 0 Å². The number of nitrogens with zero attached hydrogens (tertiary/aromatic N) is 1. The van der Waals surface area contributed by atoms with Crippen LogP contribution < -0.4 is 10.5 Å². The van der Waals surface area contributed by atoms with Crippen LogP contribution >= 0.6 is 39.1 Å². The maximum Gasteiger partial charge on any atom is 0.173 e. The van der Waals surface area contributed by atoms with Crippen molar-refractivity contribution in [2.75, 3.05) is 0 Å². The highest BCUT2D eigenvalue weighted by molar-refractivity contribution is 9.10. The standard InChI is InChI=1S/C13H9BrCl2N2O2/c14-10-6-8(16)2-4-12(10)20-11-3-1-7(15)5-9(11)13(17)18-19/h1-6,19H,(H2,17,18). The van der Waals surface area contributed by atoms with Gasteiger partial charge in [-0.3, -0.25) is 0 Å². The van der Waals surface area contributed by atoms with E-state index in [1.807, 2.05) is 0 Å². The van der Waals surface area contributed by atoms with Gasteiger partial charge in [-0.15, -0.1) is 0 Å². The third kappa shape index (κ3) is 3.36. The number of halogens is 3. The van der Waals surface area contributed by atoms with E-state index in [1.165, 1.54) is 0 Å². The Bertz CT molecular complexity index is 677. The first-order valence-corrected chi connectivity index (χ1v) is 6.96. The van der Waals surface area contributed by atoms with E-state index in [0.29, 0.717) is 31.6 Å². The zero-order valence-electron chi connectivity index (χ0n) is 9.98. The van der Waals surface area contributed by atoms with Crippen LogP contribution in [0.5, 0.6) is 11.5 Å². The van der Waals surface area contributed by atoms with Crippen LogP contribution in [-0.4, -0.2) is 11.0 Å². The fraction of sp³-hybridized carbons (Fsp3) is 0. The summed E-state index contributed by atoms with van der Waals surface area (Å²) in [5.74, 6) is 0.865. The van der Waals surface area contributed by atoms with Crippen LogP contribution in [0.4, 0.5) is 0 Å². The van der Waals surface area contributed by atoms with Crippen molar-refractivity contribution >= 4 is 45.0 Å². The highest BCUT2D eigenvalue weighted by atomic mass is 79.9. The molecule has 4 nitrogen and oxygen atoms in total. The van der Waals surface area contributed by atoms with Gasteiger partial charge in [-0.2, -0.15) is 0 Å². The van der Waals surface area contributed by atoms with Crippen LogP contribution in [0.25, 0.3) is 0 Å². The van der Waals surface area contributed by atoms with E-state index in [0.717, 1.165) is 0 Å². The Labute approximate surface area is 133 Å². The van der Waals surface area contributed by atoms with Crippen molar-refractivity contribution in [2.24, 2.45) is 10.9 Å². The second-order valence-corrected chi connectivity index (χ2v) is 5.53. The van der Waals surface area contributed by atoms with Gasteiger partial charge < -0.3 is 15.7 Å². The molecular weight excluding hydrogens is 367 g/mol. The monoisotopic (exact) mass is 374 g/mol. The topological polar surface area (TPSA) is 67.8 Å². The molecule has 0 aliphatic rings. The number of amidine groups is 1. The van der Waals surface area contributed by atoms with Crippen molar-refractivity contribution in [1.82, 2.24) is 0 Å². The van der Waals surface area contributed by atoms with Crippen LogP contribution in [0.3, 0.4) is 0 Å². The maximum atomic E-state index is 8.80. The molecule has 0 saturated carbocycles. The third-order valence-electron chi connectivity index (χ3n) is 2.44. The van der Waals surface area contributed by atoms with Crippen LogP contribution in [0.2, 0.25) is 10.0 Å². The molecule has 0 aliphatic carbocycles. The van der Waals surface area contributed by atoms with Gasteiger partial charge >= 0.3 is 0 Å². The summed E-state index contributed by atoms with van der Waals surface area (Å²) >= 11 is 15.1. The lowest BCUT2D eigenvalue weighted by atomic mass is 10.2. The first-order valence-electron chi connectivity index (χ1n) is 5.41. The van der Waals surface area contributed by atoms with Gasteiger partial charge in [0.15, 0.2) is 5.84 Å². The minimum absolute atomic E-state index is 0.0902. The highest BCUT2D eigenvalue weighted by Gasteiger charge is 2.12. The van der Waals surface area contributed by atoms with Crippen LogP contribution in [0.15, 0.2) is 46.0 Å². The molecule has 3 N–H and O–H groups in total. The molecule has 2 aromatic rings. The zero-order valence-corrected chi connectivity index (χ0v) is 13.1. The number of benzene rings is 2.